The molecule has 1 saturated heterocycles. The molecule has 3 aromatic rings. The summed E-state index contributed by atoms with van der Waals surface area (Å²) in [6.45, 7) is 5.79. The first kappa shape index (κ1) is 23.1. The van der Waals surface area contributed by atoms with Crippen molar-refractivity contribution in [2.24, 2.45) is 0 Å². The van der Waals surface area contributed by atoms with Crippen molar-refractivity contribution in [2.75, 3.05) is 32.1 Å². The molecule has 172 valence electrons. The quantitative estimate of drug-likeness (QED) is 0.527. The number of amides is 1. The second-order valence-electron chi connectivity index (χ2n) is 8.42. The molecule has 1 fully saturated rings. The molecule has 7 heteroatoms. The molecule has 0 spiro atoms. The lowest BCUT2D eigenvalue weighted by Crippen LogP contribution is -2.65. The van der Waals surface area contributed by atoms with Gasteiger partial charge in [0.1, 0.15) is 0 Å². The van der Waals surface area contributed by atoms with E-state index in [0.29, 0.717) is 36.7 Å². The van der Waals surface area contributed by atoms with Gasteiger partial charge in [0.15, 0.2) is 0 Å². The first-order valence-electron chi connectivity index (χ1n) is 11.0. The van der Waals surface area contributed by atoms with Gasteiger partial charge in [-0.3, -0.25) is 9.59 Å². The van der Waals surface area contributed by atoms with Crippen LogP contribution in [0.4, 0.5) is 5.69 Å². The van der Waals surface area contributed by atoms with Crippen LogP contribution in [0.3, 0.4) is 0 Å². The number of ether oxygens (including phenoxy) is 1. The minimum absolute atomic E-state index is 0.0193. The number of hydrogen-bond acceptors (Lipinski definition) is 4. The van der Waals surface area contributed by atoms with Crippen LogP contribution in [0.15, 0.2) is 65.6 Å². The van der Waals surface area contributed by atoms with E-state index in [1.54, 1.807) is 34.9 Å². The van der Waals surface area contributed by atoms with Crippen LogP contribution in [-0.2, 0) is 21.6 Å². The second kappa shape index (κ2) is 9.41. The van der Waals surface area contributed by atoms with Crippen molar-refractivity contribution in [1.82, 2.24) is 9.47 Å². The van der Waals surface area contributed by atoms with Crippen molar-refractivity contribution in [3.63, 3.8) is 0 Å². The molecule has 0 radical (unpaired) electrons. The van der Waals surface area contributed by atoms with Gasteiger partial charge in [-0.1, -0.05) is 35.9 Å². The summed E-state index contributed by atoms with van der Waals surface area (Å²) in [5.74, 6) is -0.0193. The van der Waals surface area contributed by atoms with Crippen LogP contribution in [0.2, 0.25) is 5.02 Å². The SMILES string of the molecule is C/C=C/C(=O)N1CC(Nc2ccc3ccn(CCOC)c(=O)c3c2)(c2cccc(Cl)c2C)C1. The highest BCUT2D eigenvalue weighted by atomic mass is 35.5. The molecular weight excluding hydrogens is 438 g/mol. The maximum absolute atomic E-state index is 13.0. The number of hydrogen-bond donors (Lipinski definition) is 1. The molecule has 1 aromatic heterocycles. The third kappa shape index (κ3) is 4.41. The highest BCUT2D eigenvalue weighted by molar-refractivity contribution is 6.31. The summed E-state index contributed by atoms with van der Waals surface area (Å²) in [6.07, 6.45) is 5.12. The van der Waals surface area contributed by atoms with Crippen LogP contribution >= 0.6 is 11.6 Å². The number of pyridine rings is 1. The van der Waals surface area contributed by atoms with Gasteiger partial charge in [-0.15, -0.1) is 0 Å². The van der Waals surface area contributed by atoms with Gasteiger partial charge in [0.2, 0.25) is 5.91 Å². The number of carbonyl (C=O) groups is 1. The predicted octanol–water partition coefficient (Wildman–Crippen LogP) is 4.34. The molecule has 1 amide bonds. The van der Waals surface area contributed by atoms with Gasteiger partial charge >= 0.3 is 0 Å². The van der Waals surface area contributed by atoms with E-state index in [0.717, 1.165) is 22.2 Å². The molecule has 1 aliphatic heterocycles. The summed E-state index contributed by atoms with van der Waals surface area (Å²) < 4.78 is 6.78. The maximum atomic E-state index is 13.0. The van der Waals surface area contributed by atoms with Crippen molar-refractivity contribution >= 4 is 34.0 Å². The lowest BCUT2D eigenvalue weighted by Gasteiger charge is -2.51. The average molecular weight is 466 g/mol. The van der Waals surface area contributed by atoms with E-state index < -0.39 is 5.54 Å². The normalized spacial score (nSPS) is 15.1. The summed E-state index contributed by atoms with van der Waals surface area (Å²) in [5, 5.41) is 5.84. The number of benzene rings is 2. The molecule has 2 heterocycles. The molecule has 6 nitrogen and oxygen atoms in total. The molecule has 1 aliphatic rings. The summed E-state index contributed by atoms with van der Waals surface area (Å²) in [6, 6.07) is 13.6. The summed E-state index contributed by atoms with van der Waals surface area (Å²) in [4.78, 5) is 27.2. The molecule has 2 aromatic carbocycles. The Morgan fingerprint density at radius 3 is 2.76 bits per heavy atom. The van der Waals surface area contributed by atoms with Crippen molar-refractivity contribution in [2.45, 2.75) is 25.9 Å². The third-order valence-corrected chi connectivity index (χ3v) is 6.63. The minimum Gasteiger partial charge on any atom is -0.383 e. The third-order valence-electron chi connectivity index (χ3n) is 6.22. The Morgan fingerprint density at radius 1 is 1.24 bits per heavy atom. The summed E-state index contributed by atoms with van der Waals surface area (Å²) >= 11 is 6.44. The molecule has 4 rings (SSSR count). The number of nitrogens with one attached hydrogen (secondary N) is 1. The van der Waals surface area contributed by atoms with Crippen molar-refractivity contribution < 1.29 is 9.53 Å². The van der Waals surface area contributed by atoms with Gasteiger partial charge in [0, 0.05) is 35.9 Å². The van der Waals surface area contributed by atoms with Gasteiger partial charge in [0.05, 0.1) is 25.2 Å². The van der Waals surface area contributed by atoms with Crippen LogP contribution in [0.1, 0.15) is 18.1 Å². The fourth-order valence-corrected chi connectivity index (χ4v) is 4.63. The van der Waals surface area contributed by atoms with Crippen LogP contribution < -0.4 is 10.9 Å². The zero-order chi connectivity index (χ0) is 23.6. The van der Waals surface area contributed by atoms with Crippen molar-refractivity contribution in [1.29, 1.82) is 0 Å². The minimum atomic E-state index is -0.496. The van der Waals surface area contributed by atoms with E-state index in [2.05, 4.69) is 5.32 Å². The van der Waals surface area contributed by atoms with Gasteiger partial charge in [-0.05, 0) is 60.7 Å². The van der Waals surface area contributed by atoms with Crippen LogP contribution in [0.5, 0.6) is 0 Å². The number of nitrogens with zero attached hydrogens (tertiary/aromatic N) is 2. The lowest BCUT2D eigenvalue weighted by atomic mass is 9.79. The number of fused-ring (bicyclic) bond motifs is 1. The Hall–Kier alpha value is -3.09. The van der Waals surface area contributed by atoms with Crippen molar-refractivity contribution in [3.8, 4) is 0 Å². The highest BCUT2D eigenvalue weighted by Crippen LogP contribution is 2.39. The Labute approximate surface area is 198 Å². The zero-order valence-corrected chi connectivity index (χ0v) is 19.9. The number of methoxy groups -OCH3 is 1. The highest BCUT2D eigenvalue weighted by Gasteiger charge is 2.47. The number of carbonyl (C=O) groups excluding carboxylic acids is 1. The van der Waals surface area contributed by atoms with Gasteiger partial charge < -0.3 is 19.5 Å². The first-order valence-corrected chi connectivity index (χ1v) is 11.3. The Morgan fingerprint density at radius 2 is 2.03 bits per heavy atom. The van der Waals surface area contributed by atoms with E-state index in [1.165, 1.54) is 0 Å². The maximum Gasteiger partial charge on any atom is 0.258 e. The molecule has 1 N–H and O–H groups in total. The Bertz CT molecular complexity index is 1280. The van der Waals surface area contributed by atoms with Gasteiger partial charge in [0.25, 0.3) is 5.56 Å². The van der Waals surface area contributed by atoms with Crippen LogP contribution in [-0.4, -0.2) is 42.2 Å². The van der Waals surface area contributed by atoms with E-state index in [4.69, 9.17) is 16.3 Å². The van der Waals surface area contributed by atoms with E-state index in [9.17, 15) is 9.59 Å². The largest absolute Gasteiger partial charge is 0.383 e. The number of rotatable bonds is 7. The molecule has 0 unspecified atom stereocenters. The number of aromatic nitrogens is 1. The standard InChI is InChI=1S/C26H28ClN3O3/c1-4-6-24(31)30-16-26(17-30,22-7-5-8-23(27)18(22)2)28-20-10-9-19-11-12-29(13-14-33-3)25(32)21(19)15-20/h4-12,15,28H,13-14,16-17H2,1-3H3/b6-4+. The first-order chi connectivity index (χ1) is 15.9. The summed E-state index contributed by atoms with van der Waals surface area (Å²) in [7, 11) is 1.62. The smallest absolute Gasteiger partial charge is 0.258 e. The summed E-state index contributed by atoms with van der Waals surface area (Å²) in [5.41, 5.74) is 2.29. The van der Waals surface area contributed by atoms with E-state index in [1.807, 2.05) is 56.3 Å². The molecular formula is C26H28ClN3O3. The number of likely N-dealkylation sites (tertiary alicyclic amines) is 1. The lowest BCUT2D eigenvalue weighted by molar-refractivity contribution is -0.132. The second-order valence-corrected chi connectivity index (χ2v) is 8.83. The number of anilines is 1. The van der Waals surface area contributed by atoms with E-state index >= 15 is 0 Å². The molecule has 0 atom stereocenters. The molecule has 0 saturated carbocycles. The molecule has 0 bridgehead atoms. The van der Waals surface area contributed by atoms with Crippen molar-refractivity contribution in [3.05, 3.63) is 87.3 Å². The van der Waals surface area contributed by atoms with Crippen LogP contribution in [0, 0.1) is 6.92 Å². The van der Waals surface area contributed by atoms with Crippen LogP contribution in [0.25, 0.3) is 10.8 Å². The van der Waals surface area contributed by atoms with E-state index in [-0.39, 0.29) is 11.5 Å². The number of allylic oxidation sites excluding steroid dienone is 1. The molecule has 33 heavy (non-hydrogen) atoms. The topological polar surface area (TPSA) is 63.6 Å². The number of halogens is 1. The fraction of sp³-hybridized carbons (Fsp3) is 0.308. The Kier molecular flexibility index (Phi) is 6.58. The average Bonchev–Trinajstić information content (AvgIpc) is 2.78. The van der Waals surface area contributed by atoms with Gasteiger partial charge in [-0.25, -0.2) is 0 Å². The zero-order valence-electron chi connectivity index (χ0n) is 19.1. The predicted molar refractivity (Wildman–Crippen MR) is 133 cm³/mol. The molecule has 0 aliphatic carbocycles. The fourth-order valence-electron chi connectivity index (χ4n) is 4.45. The van der Waals surface area contributed by atoms with Gasteiger partial charge in [-0.2, -0.15) is 0 Å². The Balaban J connectivity index is 1.72. The monoisotopic (exact) mass is 465 g/mol.